The molecule has 1 amide bonds. The van der Waals surface area contributed by atoms with Gasteiger partial charge in [0.25, 0.3) is 0 Å². The second-order valence-corrected chi connectivity index (χ2v) is 16.2. The summed E-state index contributed by atoms with van der Waals surface area (Å²) in [4.78, 5) is 28.5. The molecule has 6 rings (SSSR count). The molecule has 1 aliphatic carbocycles. The number of pyridine rings is 1. The molecule has 3 aliphatic rings. The van der Waals surface area contributed by atoms with Gasteiger partial charge >= 0.3 is 6.09 Å². The second kappa shape index (κ2) is 12.2. The number of carboxylic acid groups (broad SMARTS) is 1. The zero-order chi connectivity index (χ0) is 32.9. The van der Waals surface area contributed by atoms with Gasteiger partial charge in [-0.05, 0) is 62.4 Å². The minimum atomic E-state index is -4.22. The van der Waals surface area contributed by atoms with Gasteiger partial charge in [0, 0.05) is 24.7 Å². The van der Waals surface area contributed by atoms with E-state index in [1.54, 1.807) is 12.1 Å². The van der Waals surface area contributed by atoms with Gasteiger partial charge in [-0.1, -0.05) is 12.1 Å². The first-order chi connectivity index (χ1) is 21.8. The minimum Gasteiger partial charge on any atom is -0.491 e. The first-order valence-corrected chi connectivity index (χ1v) is 17.9. The van der Waals surface area contributed by atoms with Crippen molar-refractivity contribution in [3.63, 3.8) is 0 Å². The van der Waals surface area contributed by atoms with E-state index in [9.17, 15) is 41.0 Å². The molecule has 2 aliphatic heterocycles. The van der Waals surface area contributed by atoms with Crippen LogP contribution in [0.15, 0.2) is 63.2 Å². The molecule has 1 saturated carbocycles. The van der Waals surface area contributed by atoms with E-state index in [4.69, 9.17) is 9.47 Å². The lowest BCUT2D eigenvalue weighted by Gasteiger charge is -2.38. The Morgan fingerprint density at radius 3 is 2.57 bits per heavy atom. The van der Waals surface area contributed by atoms with E-state index in [1.165, 1.54) is 28.6 Å². The zero-order valence-electron chi connectivity index (χ0n) is 24.7. The molecule has 3 aromatic rings. The lowest BCUT2D eigenvalue weighted by atomic mass is 9.88. The SMILES string of the molecule is O=C(O)N(CC(O)COc1cccc(S(=O)(=O)C2CC2)c1)C1COC2(CCN(S(=O)(=O)c3c[nH]c4c(F)cccc4c3=O)CC2)C1. The molecule has 13 nitrogen and oxygen atoms in total. The number of hydrogen-bond donors (Lipinski definition) is 3. The highest BCUT2D eigenvalue weighted by molar-refractivity contribution is 7.92. The van der Waals surface area contributed by atoms with Crippen LogP contribution in [0.3, 0.4) is 0 Å². The van der Waals surface area contributed by atoms with Gasteiger partial charge in [-0.15, -0.1) is 0 Å². The van der Waals surface area contributed by atoms with Gasteiger partial charge in [0.05, 0.1) is 40.5 Å². The summed E-state index contributed by atoms with van der Waals surface area (Å²) in [6, 6.07) is 9.23. The summed E-state index contributed by atoms with van der Waals surface area (Å²) in [6.45, 7) is -0.471. The summed E-state index contributed by atoms with van der Waals surface area (Å²) in [5.74, 6) is -0.432. The Balaban J connectivity index is 1.06. The van der Waals surface area contributed by atoms with Crippen molar-refractivity contribution in [1.82, 2.24) is 14.2 Å². The van der Waals surface area contributed by atoms with E-state index in [1.807, 2.05) is 0 Å². The number of nitrogens with zero attached hydrogens (tertiary/aromatic N) is 2. The Kier molecular flexibility index (Phi) is 8.60. The number of sulfone groups is 1. The Hall–Kier alpha value is -3.57. The van der Waals surface area contributed by atoms with Crippen molar-refractivity contribution in [2.45, 2.75) is 64.9 Å². The number of benzene rings is 2. The molecular weight excluding hydrogens is 645 g/mol. The van der Waals surface area contributed by atoms with Crippen LogP contribution in [0.25, 0.3) is 10.9 Å². The molecule has 2 unspecified atom stereocenters. The standard InChI is InChI=1S/C30H34FN3O10S2/c31-25-6-2-5-24-27(25)32-15-26(28(24)36)46(41,42)33-11-9-30(10-12-33)14-19(17-44-30)34(29(37)38)16-20(35)18-43-21-3-1-4-23(13-21)45(39,40)22-7-8-22/h1-6,13,15,19-20,22,35H,7-12,14,16-18H2,(H,32,36)(H,37,38). The average molecular weight is 680 g/mol. The van der Waals surface area contributed by atoms with Gasteiger partial charge in [-0.2, -0.15) is 4.31 Å². The maximum Gasteiger partial charge on any atom is 0.407 e. The van der Waals surface area contributed by atoms with Crippen LogP contribution in [0.1, 0.15) is 32.1 Å². The third kappa shape index (κ3) is 6.23. The van der Waals surface area contributed by atoms with Crippen LogP contribution in [-0.2, 0) is 24.6 Å². The summed E-state index contributed by atoms with van der Waals surface area (Å²) in [7, 11) is -7.64. The zero-order valence-corrected chi connectivity index (χ0v) is 26.3. The van der Waals surface area contributed by atoms with Crippen molar-refractivity contribution in [1.29, 1.82) is 0 Å². The van der Waals surface area contributed by atoms with Gasteiger partial charge in [-0.3, -0.25) is 4.79 Å². The molecule has 248 valence electrons. The van der Waals surface area contributed by atoms with Crippen LogP contribution in [0, 0.1) is 5.82 Å². The van der Waals surface area contributed by atoms with E-state index >= 15 is 0 Å². The van der Waals surface area contributed by atoms with Crippen LogP contribution in [0.4, 0.5) is 9.18 Å². The number of aliphatic hydroxyl groups is 1. The molecule has 3 fully saturated rings. The van der Waals surface area contributed by atoms with Crippen molar-refractivity contribution in [3.05, 3.63) is 64.7 Å². The molecule has 2 saturated heterocycles. The van der Waals surface area contributed by atoms with E-state index < -0.39 is 59.8 Å². The number of aliphatic hydroxyl groups excluding tert-OH is 1. The van der Waals surface area contributed by atoms with E-state index in [0.717, 1.165) is 17.2 Å². The number of piperidine rings is 1. The maximum absolute atomic E-state index is 14.1. The quantitative estimate of drug-likeness (QED) is 0.288. The summed E-state index contributed by atoms with van der Waals surface area (Å²) in [5.41, 5.74) is -1.68. The number of nitrogens with one attached hydrogen (secondary N) is 1. The van der Waals surface area contributed by atoms with Gasteiger partial charge < -0.3 is 29.6 Å². The molecule has 0 radical (unpaired) electrons. The lowest BCUT2D eigenvalue weighted by molar-refractivity contribution is -0.0319. The smallest absolute Gasteiger partial charge is 0.407 e. The van der Waals surface area contributed by atoms with E-state index in [2.05, 4.69) is 4.98 Å². The predicted molar refractivity (Wildman–Crippen MR) is 162 cm³/mol. The molecule has 2 aromatic carbocycles. The van der Waals surface area contributed by atoms with Gasteiger partial charge in [0.1, 0.15) is 29.2 Å². The largest absolute Gasteiger partial charge is 0.491 e. The van der Waals surface area contributed by atoms with E-state index in [0.29, 0.717) is 12.8 Å². The predicted octanol–water partition coefficient (Wildman–Crippen LogP) is 2.34. The molecular formula is C30H34FN3O10S2. The number of H-pyrrole nitrogens is 1. The second-order valence-electron chi connectivity index (χ2n) is 12.0. The number of carbonyl (C=O) groups is 1. The highest BCUT2D eigenvalue weighted by Crippen LogP contribution is 2.39. The van der Waals surface area contributed by atoms with Crippen LogP contribution < -0.4 is 10.2 Å². The van der Waals surface area contributed by atoms with Crippen LogP contribution in [0.5, 0.6) is 5.75 Å². The Labute approximate surface area is 264 Å². The fourth-order valence-corrected chi connectivity index (χ4v) is 9.38. The monoisotopic (exact) mass is 679 g/mol. The molecule has 16 heteroatoms. The summed E-state index contributed by atoms with van der Waals surface area (Å²) in [5, 5.41) is 20.1. The number of rotatable bonds is 10. The summed E-state index contributed by atoms with van der Waals surface area (Å²) in [6.07, 6.45) is 0.530. The third-order valence-electron chi connectivity index (χ3n) is 8.90. The molecule has 3 heterocycles. The molecule has 1 spiro atoms. The van der Waals surface area contributed by atoms with Crippen LogP contribution >= 0.6 is 0 Å². The van der Waals surface area contributed by atoms with Gasteiger partial charge in [-0.25, -0.2) is 26.0 Å². The molecule has 1 aromatic heterocycles. The van der Waals surface area contributed by atoms with Crippen molar-refractivity contribution in [2.24, 2.45) is 0 Å². The number of fused-ring (bicyclic) bond motifs is 1. The lowest BCUT2D eigenvalue weighted by Crippen LogP contribution is -2.49. The highest BCUT2D eigenvalue weighted by atomic mass is 32.2. The highest BCUT2D eigenvalue weighted by Gasteiger charge is 2.47. The Morgan fingerprint density at radius 1 is 1.15 bits per heavy atom. The number of sulfonamides is 1. The number of ether oxygens (including phenoxy) is 2. The first-order valence-electron chi connectivity index (χ1n) is 14.9. The fourth-order valence-electron chi connectivity index (χ4n) is 6.20. The van der Waals surface area contributed by atoms with Crippen molar-refractivity contribution in [3.8, 4) is 5.75 Å². The van der Waals surface area contributed by atoms with Crippen molar-refractivity contribution >= 4 is 36.9 Å². The Bertz CT molecular complexity index is 1920. The molecule has 3 N–H and O–H groups in total. The van der Waals surface area contributed by atoms with Crippen molar-refractivity contribution < 1.29 is 45.7 Å². The van der Waals surface area contributed by atoms with Crippen LogP contribution in [-0.4, -0.2) is 103 Å². The number of halogens is 1. The normalized spacial score (nSPS) is 21.0. The number of aromatic nitrogens is 1. The number of aromatic amines is 1. The van der Waals surface area contributed by atoms with E-state index in [-0.39, 0.29) is 78.9 Å². The first kappa shape index (κ1) is 32.4. The topological polar surface area (TPSA) is 184 Å². The Morgan fingerprint density at radius 2 is 1.87 bits per heavy atom. The van der Waals surface area contributed by atoms with Crippen molar-refractivity contribution in [2.75, 3.05) is 32.8 Å². The minimum absolute atomic E-state index is 0.0226. The summed E-state index contributed by atoms with van der Waals surface area (Å²) < 4.78 is 78.8. The number of hydrogen-bond acceptors (Lipinski definition) is 9. The number of amides is 1. The van der Waals surface area contributed by atoms with Gasteiger partial charge in [0.15, 0.2) is 9.84 Å². The fraction of sp³-hybridized carbons (Fsp3) is 0.467. The average Bonchev–Trinajstić information content (AvgIpc) is 3.82. The molecule has 0 bridgehead atoms. The van der Waals surface area contributed by atoms with Crippen LogP contribution in [0.2, 0.25) is 0 Å². The maximum atomic E-state index is 14.1. The third-order valence-corrected chi connectivity index (χ3v) is 13.1. The molecule has 46 heavy (non-hydrogen) atoms. The van der Waals surface area contributed by atoms with Gasteiger partial charge in [0.2, 0.25) is 15.5 Å². The molecule has 2 atom stereocenters. The summed E-state index contributed by atoms with van der Waals surface area (Å²) >= 11 is 0. The number of para-hydroxylation sites is 1.